The first-order valence-corrected chi connectivity index (χ1v) is 6.51. The zero-order chi connectivity index (χ0) is 14.9. The van der Waals surface area contributed by atoms with Crippen LogP contribution < -0.4 is 0 Å². The van der Waals surface area contributed by atoms with Crippen LogP contribution in [0.4, 0.5) is 4.39 Å². The summed E-state index contributed by atoms with van der Waals surface area (Å²) in [6, 6.07) is 7.84. The number of rotatable bonds is 3. The van der Waals surface area contributed by atoms with Crippen molar-refractivity contribution in [1.82, 2.24) is 4.57 Å². The van der Waals surface area contributed by atoms with E-state index >= 15 is 0 Å². The summed E-state index contributed by atoms with van der Waals surface area (Å²) in [7, 11) is 0. The van der Waals surface area contributed by atoms with Gasteiger partial charge in [0, 0.05) is 22.6 Å². The molecule has 1 heterocycles. The molecule has 1 aromatic carbocycles. The van der Waals surface area contributed by atoms with E-state index in [1.54, 1.807) is 23.6 Å². The summed E-state index contributed by atoms with van der Waals surface area (Å²) < 4.78 is 15.2. The molecule has 0 amide bonds. The lowest BCUT2D eigenvalue weighted by Crippen LogP contribution is -2.04. The predicted octanol–water partition coefficient (Wildman–Crippen LogP) is 3.53. The molecule has 0 atom stereocenters. The lowest BCUT2D eigenvalue weighted by Gasteiger charge is -2.10. The van der Waals surface area contributed by atoms with E-state index in [1.165, 1.54) is 12.1 Å². The van der Waals surface area contributed by atoms with E-state index in [0.29, 0.717) is 11.3 Å². The van der Waals surface area contributed by atoms with Crippen molar-refractivity contribution in [3.8, 4) is 11.8 Å². The monoisotopic (exact) mass is 290 g/mol. The van der Waals surface area contributed by atoms with Gasteiger partial charge in [0.15, 0.2) is 5.78 Å². The fourth-order valence-electron chi connectivity index (χ4n) is 2.25. The maximum Gasteiger partial charge on any atom is 0.179 e. The summed E-state index contributed by atoms with van der Waals surface area (Å²) in [4.78, 5) is 11.8. The lowest BCUT2D eigenvalue weighted by atomic mass is 10.1. The number of halogens is 2. The molecular formula is C15H12ClFN2O. The second-order valence-electron chi connectivity index (χ2n) is 4.45. The van der Waals surface area contributed by atoms with Gasteiger partial charge in [-0.25, -0.2) is 4.39 Å². The fraction of sp³-hybridized carbons (Fsp3) is 0.200. The third kappa shape index (κ3) is 2.33. The number of Topliss-reactive ketones (excluding diaryl/α,β-unsaturated/α-hetero) is 1. The maximum absolute atomic E-state index is 13.4. The Bertz CT molecular complexity index is 728. The average Bonchev–Trinajstić information content (AvgIpc) is 2.74. The number of aromatic nitrogens is 1. The molecular weight excluding hydrogens is 279 g/mol. The zero-order valence-electron chi connectivity index (χ0n) is 11.1. The number of alkyl halides is 1. The molecule has 0 bridgehead atoms. The van der Waals surface area contributed by atoms with E-state index in [2.05, 4.69) is 0 Å². The molecule has 20 heavy (non-hydrogen) atoms. The number of aryl methyl sites for hydroxylation is 1. The number of hydrogen-bond acceptors (Lipinski definition) is 2. The SMILES string of the molecule is Cc1cc(C(=O)CCl)c(C)n1-c1ccc(F)c(C#N)c1. The summed E-state index contributed by atoms with van der Waals surface area (Å²) in [5, 5.41) is 8.89. The number of carbonyl (C=O) groups excluding carboxylic acids is 1. The van der Waals surface area contributed by atoms with Crippen molar-refractivity contribution in [3.63, 3.8) is 0 Å². The van der Waals surface area contributed by atoms with Crippen LogP contribution in [0, 0.1) is 31.0 Å². The number of benzene rings is 1. The summed E-state index contributed by atoms with van der Waals surface area (Å²) in [6.07, 6.45) is 0. The largest absolute Gasteiger partial charge is 0.318 e. The molecule has 0 aliphatic heterocycles. The Morgan fingerprint density at radius 3 is 2.70 bits per heavy atom. The van der Waals surface area contributed by atoms with E-state index in [0.717, 1.165) is 11.4 Å². The first kappa shape index (κ1) is 14.3. The maximum atomic E-state index is 13.4. The van der Waals surface area contributed by atoms with Gasteiger partial charge in [-0.3, -0.25) is 4.79 Å². The van der Waals surface area contributed by atoms with Gasteiger partial charge < -0.3 is 4.57 Å². The van der Waals surface area contributed by atoms with Gasteiger partial charge in [-0.05, 0) is 38.1 Å². The van der Waals surface area contributed by atoms with Gasteiger partial charge in [-0.1, -0.05) is 0 Å². The standard InChI is InChI=1S/C15H12ClFN2O/c1-9-5-13(15(20)7-16)10(2)19(9)12-3-4-14(17)11(6-12)8-18/h3-6H,7H2,1-2H3. The van der Waals surface area contributed by atoms with Crippen molar-refractivity contribution >= 4 is 17.4 Å². The van der Waals surface area contributed by atoms with Crippen molar-refractivity contribution in [3.05, 3.63) is 52.6 Å². The lowest BCUT2D eigenvalue weighted by molar-refractivity contribution is 0.102. The summed E-state index contributed by atoms with van der Waals surface area (Å²) >= 11 is 5.58. The first-order chi connectivity index (χ1) is 9.49. The molecule has 2 rings (SSSR count). The molecule has 1 aromatic heterocycles. The Morgan fingerprint density at radius 1 is 1.40 bits per heavy atom. The van der Waals surface area contributed by atoms with Crippen molar-refractivity contribution in [2.24, 2.45) is 0 Å². The quantitative estimate of drug-likeness (QED) is 0.641. The van der Waals surface area contributed by atoms with Crippen molar-refractivity contribution in [2.75, 3.05) is 5.88 Å². The molecule has 0 N–H and O–H groups in total. The second-order valence-corrected chi connectivity index (χ2v) is 4.72. The number of carbonyl (C=O) groups is 1. The molecule has 0 aliphatic rings. The van der Waals surface area contributed by atoms with Crippen LogP contribution in [0.25, 0.3) is 5.69 Å². The van der Waals surface area contributed by atoms with Crippen molar-refractivity contribution < 1.29 is 9.18 Å². The number of nitrogens with zero attached hydrogens (tertiary/aromatic N) is 2. The molecule has 102 valence electrons. The number of hydrogen-bond donors (Lipinski definition) is 0. The molecule has 0 fully saturated rings. The molecule has 5 heteroatoms. The van der Waals surface area contributed by atoms with Crippen LogP contribution in [-0.2, 0) is 0 Å². The van der Waals surface area contributed by atoms with Crippen LogP contribution in [0.2, 0.25) is 0 Å². The van der Waals surface area contributed by atoms with E-state index in [9.17, 15) is 9.18 Å². The minimum Gasteiger partial charge on any atom is -0.318 e. The molecule has 0 aliphatic carbocycles. The predicted molar refractivity (Wildman–Crippen MR) is 75.0 cm³/mol. The molecule has 0 radical (unpaired) electrons. The minimum atomic E-state index is -0.559. The molecule has 0 saturated carbocycles. The van der Waals surface area contributed by atoms with Gasteiger partial charge in [0.1, 0.15) is 11.9 Å². The summed E-state index contributed by atoms with van der Waals surface area (Å²) in [5.41, 5.74) is 2.71. The molecule has 3 nitrogen and oxygen atoms in total. The van der Waals surface area contributed by atoms with Crippen molar-refractivity contribution in [1.29, 1.82) is 5.26 Å². The van der Waals surface area contributed by atoms with Gasteiger partial charge in [0.2, 0.25) is 0 Å². The average molecular weight is 291 g/mol. The fourth-order valence-corrected chi connectivity index (χ4v) is 2.40. The van der Waals surface area contributed by atoms with E-state index in [-0.39, 0.29) is 17.2 Å². The minimum absolute atomic E-state index is 0.0276. The molecule has 0 unspecified atom stereocenters. The Labute approximate surface area is 121 Å². The van der Waals surface area contributed by atoms with Crippen LogP contribution in [-0.4, -0.2) is 16.2 Å². The van der Waals surface area contributed by atoms with E-state index < -0.39 is 5.82 Å². The highest BCUT2D eigenvalue weighted by atomic mass is 35.5. The molecule has 2 aromatic rings. The van der Waals surface area contributed by atoms with Gasteiger partial charge in [-0.15, -0.1) is 11.6 Å². The van der Waals surface area contributed by atoms with Crippen molar-refractivity contribution in [2.45, 2.75) is 13.8 Å². The third-order valence-electron chi connectivity index (χ3n) is 3.18. The highest BCUT2D eigenvalue weighted by Gasteiger charge is 2.16. The summed E-state index contributed by atoms with van der Waals surface area (Å²) in [5.74, 6) is -0.804. The Kier molecular flexibility index (Phi) is 3.91. The van der Waals surface area contributed by atoms with E-state index in [4.69, 9.17) is 16.9 Å². The number of ketones is 1. The summed E-state index contributed by atoms with van der Waals surface area (Å²) in [6.45, 7) is 3.63. The van der Waals surface area contributed by atoms with E-state index in [1.807, 2.05) is 13.0 Å². The van der Waals surface area contributed by atoms with Crippen LogP contribution in [0.15, 0.2) is 24.3 Å². The zero-order valence-corrected chi connectivity index (χ0v) is 11.8. The Morgan fingerprint density at radius 2 is 2.10 bits per heavy atom. The smallest absolute Gasteiger partial charge is 0.179 e. The van der Waals surface area contributed by atoms with Gasteiger partial charge in [0.05, 0.1) is 11.4 Å². The van der Waals surface area contributed by atoms with Gasteiger partial charge in [0.25, 0.3) is 0 Å². The Hall–Kier alpha value is -2.12. The Balaban J connectivity index is 2.62. The topological polar surface area (TPSA) is 45.8 Å². The van der Waals surface area contributed by atoms with Gasteiger partial charge in [-0.2, -0.15) is 5.26 Å². The van der Waals surface area contributed by atoms with Gasteiger partial charge >= 0.3 is 0 Å². The van der Waals surface area contributed by atoms with Crippen LogP contribution in [0.3, 0.4) is 0 Å². The third-order valence-corrected chi connectivity index (χ3v) is 3.42. The highest BCUT2D eigenvalue weighted by molar-refractivity contribution is 6.30. The normalized spacial score (nSPS) is 10.3. The number of nitriles is 1. The molecule has 0 spiro atoms. The van der Waals surface area contributed by atoms with Crippen LogP contribution >= 0.6 is 11.6 Å². The second kappa shape index (κ2) is 5.48. The molecule has 0 saturated heterocycles. The first-order valence-electron chi connectivity index (χ1n) is 5.97. The van der Waals surface area contributed by atoms with Crippen LogP contribution in [0.5, 0.6) is 0 Å². The van der Waals surface area contributed by atoms with Crippen LogP contribution in [0.1, 0.15) is 27.3 Å². The highest BCUT2D eigenvalue weighted by Crippen LogP contribution is 2.23.